The molecule has 4 nitrogen and oxygen atoms in total. The van der Waals surface area contributed by atoms with Crippen LogP contribution in [-0.4, -0.2) is 15.2 Å². The Balaban J connectivity index is 2.33. The highest BCUT2D eigenvalue weighted by atomic mass is 32.1. The normalized spacial score (nSPS) is 10.1. The van der Waals surface area contributed by atoms with Crippen LogP contribution in [0.2, 0.25) is 0 Å². The molecular weight excluding hydrogens is 227 g/mol. The lowest BCUT2D eigenvalue weighted by Gasteiger charge is -2.06. The molecule has 16 heavy (non-hydrogen) atoms. The van der Waals surface area contributed by atoms with Crippen LogP contribution >= 0.6 is 12.2 Å². The Bertz CT molecular complexity index is 567. The van der Waals surface area contributed by atoms with Crippen LogP contribution in [0.1, 0.15) is 5.69 Å². The molecule has 0 amide bonds. The van der Waals surface area contributed by atoms with Crippen molar-refractivity contribution in [1.29, 1.82) is 0 Å². The van der Waals surface area contributed by atoms with Crippen LogP contribution in [0.15, 0.2) is 24.3 Å². The zero-order valence-corrected chi connectivity index (χ0v) is 9.31. The fourth-order valence-corrected chi connectivity index (χ4v) is 1.35. The summed E-state index contributed by atoms with van der Waals surface area (Å²) in [7, 11) is 0. The lowest BCUT2D eigenvalue weighted by atomic mass is 10.3. The molecule has 0 radical (unpaired) electrons. The van der Waals surface area contributed by atoms with Crippen molar-refractivity contribution < 1.29 is 4.39 Å². The van der Waals surface area contributed by atoms with E-state index in [9.17, 15) is 4.39 Å². The Kier molecular flexibility index (Phi) is 2.91. The number of nitrogens with zero attached hydrogens (tertiary/aromatic N) is 2. The highest BCUT2D eigenvalue weighted by molar-refractivity contribution is 7.71. The van der Waals surface area contributed by atoms with Gasteiger partial charge in [-0.05, 0) is 37.3 Å². The van der Waals surface area contributed by atoms with Gasteiger partial charge in [-0.25, -0.2) is 4.39 Å². The molecular formula is C10H9FN4S. The van der Waals surface area contributed by atoms with Gasteiger partial charge in [0.25, 0.3) is 0 Å². The molecule has 0 aliphatic heterocycles. The van der Waals surface area contributed by atoms with Gasteiger partial charge in [0, 0.05) is 5.69 Å². The summed E-state index contributed by atoms with van der Waals surface area (Å²) < 4.78 is 13.2. The Morgan fingerprint density at radius 3 is 3.00 bits per heavy atom. The minimum Gasteiger partial charge on any atom is -0.338 e. The molecule has 82 valence electrons. The van der Waals surface area contributed by atoms with Crippen LogP contribution in [0.3, 0.4) is 0 Å². The van der Waals surface area contributed by atoms with Gasteiger partial charge in [-0.15, -0.1) is 0 Å². The van der Waals surface area contributed by atoms with Crippen LogP contribution in [-0.2, 0) is 0 Å². The first-order chi connectivity index (χ1) is 7.65. The number of hydrogen-bond acceptors (Lipinski definition) is 4. The fourth-order valence-electron chi connectivity index (χ4n) is 1.21. The van der Waals surface area contributed by atoms with Crippen LogP contribution in [0.5, 0.6) is 0 Å². The molecule has 0 unspecified atom stereocenters. The molecule has 0 saturated carbocycles. The lowest BCUT2D eigenvalue weighted by molar-refractivity contribution is 0.628. The van der Waals surface area contributed by atoms with E-state index in [2.05, 4.69) is 20.5 Å². The van der Waals surface area contributed by atoms with Crippen molar-refractivity contribution in [2.45, 2.75) is 6.92 Å². The molecule has 2 rings (SSSR count). The predicted molar refractivity (Wildman–Crippen MR) is 61.6 cm³/mol. The number of H-pyrrole nitrogens is 1. The third-order valence-corrected chi connectivity index (χ3v) is 2.15. The topological polar surface area (TPSA) is 53.6 Å². The average Bonchev–Trinajstić information content (AvgIpc) is 2.24. The number of anilines is 2. The molecule has 0 aliphatic carbocycles. The number of halogens is 1. The number of aromatic amines is 1. The van der Waals surface area contributed by atoms with Gasteiger partial charge in [0.15, 0.2) is 5.82 Å². The smallest absolute Gasteiger partial charge is 0.215 e. The van der Waals surface area contributed by atoms with Gasteiger partial charge in [-0.3, -0.25) is 5.10 Å². The van der Waals surface area contributed by atoms with Crippen molar-refractivity contribution in [3.05, 3.63) is 40.5 Å². The van der Waals surface area contributed by atoms with Gasteiger partial charge in [-0.1, -0.05) is 6.07 Å². The molecule has 0 aliphatic rings. The Hall–Kier alpha value is -1.82. The van der Waals surface area contributed by atoms with Gasteiger partial charge in [0.05, 0.1) is 0 Å². The average molecular weight is 236 g/mol. The van der Waals surface area contributed by atoms with E-state index in [1.54, 1.807) is 19.1 Å². The summed E-state index contributed by atoms with van der Waals surface area (Å²) in [4.78, 5) is 4.06. The van der Waals surface area contributed by atoms with Gasteiger partial charge in [0.2, 0.25) is 4.77 Å². The molecule has 0 fully saturated rings. The minimum absolute atomic E-state index is 0.282. The van der Waals surface area contributed by atoms with E-state index < -0.39 is 0 Å². The highest BCUT2D eigenvalue weighted by Gasteiger charge is 2.02. The monoisotopic (exact) mass is 236 g/mol. The van der Waals surface area contributed by atoms with Crippen LogP contribution in [0.4, 0.5) is 15.9 Å². The zero-order valence-electron chi connectivity index (χ0n) is 8.49. The number of nitrogens with one attached hydrogen (secondary N) is 2. The van der Waals surface area contributed by atoms with Crippen molar-refractivity contribution in [1.82, 2.24) is 15.2 Å². The van der Waals surface area contributed by atoms with E-state index >= 15 is 0 Å². The van der Waals surface area contributed by atoms with Crippen molar-refractivity contribution >= 4 is 23.7 Å². The molecule has 0 atom stereocenters. The number of aryl methyl sites for hydroxylation is 1. The van der Waals surface area contributed by atoms with Crippen molar-refractivity contribution in [2.75, 3.05) is 5.32 Å². The standard InChI is InChI=1S/C10H9FN4S/c1-6-9(13-10(16)15-14-6)12-8-4-2-3-7(11)5-8/h2-5H,1H3,(H2,12,13,15,16). The van der Waals surface area contributed by atoms with Gasteiger partial charge >= 0.3 is 0 Å². The van der Waals surface area contributed by atoms with Crippen molar-refractivity contribution in [3.8, 4) is 0 Å². The second-order valence-electron chi connectivity index (χ2n) is 3.21. The highest BCUT2D eigenvalue weighted by Crippen LogP contribution is 2.16. The predicted octanol–water partition coefficient (Wildman–Crippen LogP) is 2.73. The molecule has 1 aromatic heterocycles. The fraction of sp³-hybridized carbons (Fsp3) is 0.100. The summed E-state index contributed by atoms with van der Waals surface area (Å²) in [6.07, 6.45) is 0. The van der Waals surface area contributed by atoms with Crippen LogP contribution in [0.25, 0.3) is 0 Å². The second kappa shape index (κ2) is 4.36. The maximum Gasteiger partial charge on any atom is 0.215 e. The first-order valence-electron chi connectivity index (χ1n) is 4.61. The van der Waals surface area contributed by atoms with Crippen molar-refractivity contribution in [2.24, 2.45) is 0 Å². The third kappa shape index (κ3) is 2.40. The summed E-state index contributed by atoms with van der Waals surface area (Å²) in [5.74, 6) is 0.214. The Morgan fingerprint density at radius 2 is 2.25 bits per heavy atom. The molecule has 2 aromatic rings. The minimum atomic E-state index is -0.309. The first kappa shape index (κ1) is 10.7. The molecule has 1 aromatic carbocycles. The number of hydrogen-bond donors (Lipinski definition) is 2. The maximum atomic E-state index is 12.9. The van der Waals surface area contributed by atoms with Crippen molar-refractivity contribution in [3.63, 3.8) is 0 Å². The molecule has 6 heteroatoms. The molecule has 1 heterocycles. The van der Waals surface area contributed by atoms with E-state index in [4.69, 9.17) is 12.2 Å². The zero-order chi connectivity index (χ0) is 11.5. The van der Waals surface area contributed by atoms with E-state index in [0.29, 0.717) is 17.2 Å². The third-order valence-electron chi connectivity index (χ3n) is 1.96. The van der Waals surface area contributed by atoms with E-state index in [-0.39, 0.29) is 10.6 Å². The largest absolute Gasteiger partial charge is 0.338 e. The van der Waals surface area contributed by atoms with Crippen LogP contribution in [0, 0.1) is 17.5 Å². The molecule has 2 N–H and O–H groups in total. The Labute approximate surface area is 96.6 Å². The quantitative estimate of drug-likeness (QED) is 0.787. The van der Waals surface area contributed by atoms with E-state index in [1.165, 1.54) is 12.1 Å². The summed E-state index contributed by atoms with van der Waals surface area (Å²) >= 11 is 4.86. The summed E-state index contributed by atoms with van der Waals surface area (Å²) in [5.41, 5.74) is 1.27. The van der Waals surface area contributed by atoms with Gasteiger partial charge in [0.1, 0.15) is 11.5 Å². The van der Waals surface area contributed by atoms with E-state index in [0.717, 1.165) is 0 Å². The number of aromatic nitrogens is 3. The summed E-state index contributed by atoms with van der Waals surface area (Å²) in [6, 6.07) is 6.11. The van der Waals surface area contributed by atoms with Gasteiger partial charge < -0.3 is 5.32 Å². The second-order valence-corrected chi connectivity index (χ2v) is 3.60. The SMILES string of the molecule is Cc1n[nH]c(=S)nc1Nc1cccc(F)c1. The number of benzene rings is 1. The molecule has 0 saturated heterocycles. The Morgan fingerprint density at radius 1 is 1.44 bits per heavy atom. The maximum absolute atomic E-state index is 12.9. The molecule has 0 spiro atoms. The molecule has 0 bridgehead atoms. The summed E-state index contributed by atoms with van der Waals surface area (Å²) in [6.45, 7) is 1.78. The van der Waals surface area contributed by atoms with E-state index in [1.807, 2.05) is 0 Å². The first-order valence-corrected chi connectivity index (χ1v) is 5.02. The lowest BCUT2D eigenvalue weighted by Crippen LogP contribution is -2.01. The number of rotatable bonds is 2. The summed E-state index contributed by atoms with van der Waals surface area (Å²) in [5, 5.41) is 9.48. The van der Waals surface area contributed by atoms with Gasteiger partial charge in [-0.2, -0.15) is 10.1 Å². The van der Waals surface area contributed by atoms with Crippen LogP contribution < -0.4 is 5.32 Å².